The van der Waals surface area contributed by atoms with Crippen molar-refractivity contribution in [3.63, 3.8) is 0 Å². The molecule has 102 valence electrons. The lowest BCUT2D eigenvalue weighted by Gasteiger charge is -2.28. The van der Waals surface area contributed by atoms with Crippen molar-refractivity contribution in [1.82, 2.24) is 4.90 Å². The normalized spacial score (nSPS) is 15.2. The molecule has 1 aliphatic rings. The third kappa shape index (κ3) is 3.83. The molecule has 1 aromatic rings. The van der Waals surface area contributed by atoms with Crippen LogP contribution in [0.5, 0.6) is 0 Å². The molecule has 0 bridgehead atoms. The fraction of sp³-hybridized carbons (Fsp3) is 0.400. The van der Waals surface area contributed by atoms with Crippen LogP contribution >= 0.6 is 15.9 Å². The van der Waals surface area contributed by atoms with Crippen LogP contribution in [0.3, 0.4) is 0 Å². The molecule has 1 N–H and O–H groups in total. The first-order valence-electron chi connectivity index (χ1n) is 6.65. The second-order valence-electron chi connectivity index (χ2n) is 4.82. The number of rotatable bonds is 4. The number of anilines is 1. The van der Waals surface area contributed by atoms with Gasteiger partial charge in [-0.25, -0.2) is 4.79 Å². The Morgan fingerprint density at radius 2 is 2.21 bits per heavy atom. The Balaban J connectivity index is 2.04. The highest BCUT2D eigenvalue weighted by atomic mass is 79.9. The molecule has 2 amide bonds. The summed E-state index contributed by atoms with van der Waals surface area (Å²) in [5.74, 6) is 0. The number of carbonyl (C=O) groups is 1. The molecule has 19 heavy (non-hydrogen) atoms. The predicted molar refractivity (Wildman–Crippen MR) is 82.3 cm³/mol. The van der Waals surface area contributed by atoms with Crippen LogP contribution in [0, 0.1) is 0 Å². The van der Waals surface area contributed by atoms with Crippen LogP contribution in [0.15, 0.2) is 41.4 Å². The molecule has 1 aromatic carbocycles. The van der Waals surface area contributed by atoms with Gasteiger partial charge in [-0.2, -0.15) is 0 Å². The molecule has 1 saturated carbocycles. The van der Waals surface area contributed by atoms with Gasteiger partial charge in [0.1, 0.15) is 0 Å². The van der Waals surface area contributed by atoms with Crippen molar-refractivity contribution in [2.75, 3.05) is 11.9 Å². The Morgan fingerprint density at radius 1 is 1.47 bits per heavy atom. The minimum Gasteiger partial charge on any atom is -0.318 e. The first kappa shape index (κ1) is 14.1. The average molecular weight is 323 g/mol. The number of halogens is 1. The molecule has 2 rings (SSSR count). The second kappa shape index (κ2) is 6.75. The summed E-state index contributed by atoms with van der Waals surface area (Å²) in [6.07, 6.45) is 6.41. The summed E-state index contributed by atoms with van der Waals surface area (Å²) in [5.41, 5.74) is 0.812. The minimum atomic E-state index is -0.0371. The number of hydrogen-bond acceptors (Lipinski definition) is 1. The molecule has 0 unspecified atom stereocenters. The van der Waals surface area contributed by atoms with Crippen LogP contribution < -0.4 is 5.32 Å². The van der Waals surface area contributed by atoms with Crippen LogP contribution in [0.2, 0.25) is 0 Å². The monoisotopic (exact) mass is 322 g/mol. The minimum absolute atomic E-state index is 0.0371. The number of benzene rings is 1. The van der Waals surface area contributed by atoms with Crippen molar-refractivity contribution >= 4 is 27.6 Å². The molecule has 0 radical (unpaired) electrons. The molecule has 3 nitrogen and oxygen atoms in total. The number of amides is 2. The van der Waals surface area contributed by atoms with Crippen molar-refractivity contribution in [1.29, 1.82) is 0 Å². The van der Waals surface area contributed by atoms with Gasteiger partial charge in [-0.05, 0) is 31.0 Å². The summed E-state index contributed by atoms with van der Waals surface area (Å²) in [6, 6.07) is 7.96. The van der Waals surface area contributed by atoms with Gasteiger partial charge in [0.25, 0.3) is 0 Å². The van der Waals surface area contributed by atoms with Crippen molar-refractivity contribution in [3.05, 3.63) is 41.4 Å². The van der Waals surface area contributed by atoms with Crippen molar-refractivity contribution in [3.8, 4) is 0 Å². The van der Waals surface area contributed by atoms with Gasteiger partial charge < -0.3 is 10.2 Å². The van der Waals surface area contributed by atoms with E-state index in [-0.39, 0.29) is 6.03 Å². The molecule has 1 fully saturated rings. The van der Waals surface area contributed by atoms with E-state index in [9.17, 15) is 4.79 Å². The molecule has 4 heteroatoms. The van der Waals surface area contributed by atoms with E-state index in [4.69, 9.17) is 0 Å². The molecule has 1 aliphatic carbocycles. The molecular weight excluding hydrogens is 304 g/mol. The second-order valence-corrected chi connectivity index (χ2v) is 5.74. The molecule has 0 spiro atoms. The molecule has 0 atom stereocenters. The van der Waals surface area contributed by atoms with Crippen LogP contribution in [-0.2, 0) is 0 Å². The van der Waals surface area contributed by atoms with E-state index in [1.807, 2.05) is 29.2 Å². The summed E-state index contributed by atoms with van der Waals surface area (Å²) in [6.45, 7) is 4.35. The van der Waals surface area contributed by atoms with E-state index < -0.39 is 0 Å². The lowest BCUT2D eigenvalue weighted by molar-refractivity contribution is 0.196. The lowest BCUT2D eigenvalue weighted by atomic mass is 10.2. The average Bonchev–Trinajstić information content (AvgIpc) is 2.89. The summed E-state index contributed by atoms with van der Waals surface area (Å²) >= 11 is 3.41. The van der Waals surface area contributed by atoms with Crippen LogP contribution in [-0.4, -0.2) is 23.5 Å². The Hall–Kier alpha value is -1.29. The zero-order chi connectivity index (χ0) is 13.7. The lowest BCUT2D eigenvalue weighted by Crippen LogP contribution is -2.41. The van der Waals surface area contributed by atoms with E-state index in [0.717, 1.165) is 23.0 Å². The fourth-order valence-electron chi connectivity index (χ4n) is 2.51. The van der Waals surface area contributed by atoms with Crippen LogP contribution in [0.4, 0.5) is 10.5 Å². The summed E-state index contributed by atoms with van der Waals surface area (Å²) < 4.78 is 0.960. The van der Waals surface area contributed by atoms with Gasteiger partial charge in [-0.15, -0.1) is 6.58 Å². The van der Waals surface area contributed by atoms with Gasteiger partial charge in [0.15, 0.2) is 0 Å². The number of hydrogen-bond donors (Lipinski definition) is 1. The van der Waals surface area contributed by atoms with Crippen molar-refractivity contribution < 1.29 is 4.79 Å². The topological polar surface area (TPSA) is 32.3 Å². The number of nitrogens with zero attached hydrogens (tertiary/aromatic N) is 1. The SMILES string of the molecule is C=CCN(C(=O)Nc1cccc(Br)c1)C1CCCC1. The van der Waals surface area contributed by atoms with Crippen molar-refractivity contribution in [2.24, 2.45) is 0 Å². The highest BCUT2D eigenvalue weighted by Crippen LogP contribution is 2.24. The highest BCUT2D eigenvalue weighted by Gasteiger charge is 2.25. The molecule has 0 aliphatic heterocycles. The van der Waals surface area contributed by atoms with E-state index >= 15 is 0 Å². The highest BCUT2D eigenvalue weighted by molar-refractivity contribution is 9.10. The van der Waals surface area contributed by atoms with E-state index in [1.165, 1.54) is 12.8 Å². The summed E-state index contributed by atoms with van der Waals surface area (Å²) in [7, 11) is 0. The Labute approximate surface area is 122 Å². The number of urea groups is 1. The standard InChI is InChI=1S/C15H19BrN2O/c1-2-10-18(14-8-3-4-9-14)15(19)17-13-7-5-6-12(16)11-13/h2,5-7,11,14H,1,3-4,8-10H2,(H,17,19). The quantitative estimate of drug-likeness (QED) is 0.818. The number of carbonyl (C=O) groups excluding carboxylic acids is 1. The molecule has 0 saturated heterocycles. The fourth-order valence-corrected chi connectivity index (χ4v) is 2.91. The maximum atomic E-state index is 12.4. The van der Waals surface area contributed by atoms with Gasteiger partial charge >= 0.3 is 6.03 Å². The zero-order valence-electron chi connectivity index (χ0n) is 10.9. The largest absolute Gasteiger partial charge is 0.322 e. The first-order valence-corrected chi connectivity index (χ1v) is 7.44. The maximum absolute atomic E-state index is 12.4. The molecule has 0 heterocycles. The van der Waals surface area contributed by atoms with E-state index in [2.05, 4.69) is 27.8 Å². The summed E-state index contributed by atoms with van der Waals surface area (Å²) in [5, 5.41) is 2.95. The van der Waals surface area contributed by atoms with Gasteiger partial charge in [0.05, 0.1) is 0 Å². The summed E-state index contributed by atoms with van der Waals surface area (Å²) in [4.78, 5) is 14.2. The molecule has 0 aromatic heterocycles. The maximum Gasteiger partial charge on any atom is 0.322 e. The third-order valence-corrected chi connectivity index (χ3v) is 3.92. The zero-order valence-corrected chi connectivity index (χ0v) is 12.5. The molecular formula is C15H19BrN2O. The third-order valence-electron chi connectivity index (χ3n) is 3.43. The first-order chi connectivity index (χ1) is 9.20. The Kier molecular flexibility index (Phi) is 5.02. The Bertz CT molecular complexity index is 455. The van der Waals surface area contributed by atoms with Crippen LogP contribution in [0.25, 0.3) is 0 Å². The van der Waals surface area contributed by atoms with Crippen molar-refractivity contribution in [2.45, 2.75) is 31.7 Å². The van der Waals surface area contributed by atoms with Crippen LogP contribution in [0.1, 0.15) is 25.7 Å². The Morgan fingerprint density at radius 3 is 2.84 bits per heavy atom. The van der Waals surface area contributed by atoms with Gasteiger partial charge in [-0.3, -0.25) is 0 Å². The van der Waals surface area contributed by atoms with E-state index in [0.29, 0.717) is 12.6 Å². The van der Waals surface area contributed by atoms with Gasteiger partial charge in [0.2, 0.25) is 0 Å². The van der Waals surface area contributed by atoms with Gasteiger partial charge in [-0.1, -0.05) is 40.9 Å². The predicted octanol–water partition coefficient (Wildman–Crippen LogP) is 4.41. The number of nitrogens with one attached hydrogen (secondary N) is 1. The smallest absolute Gasteiger partial charge is 0.318 e. The van der Waals surface area contributed by atoms with Gasteiger partial charge in [0, 0.05) is 22.7 Å². The van der Waals surface area contributed by atoms with E-state index in [1.54, 1.807) is 6.08 Å².